The second-order valence-electron chi connectivity index (χ2n) is 4.96. The lowest BCUT2D eigenvalue weighted by atomic mass is 10.2. The third-order valence-corrected chi connectivity index (χ3v) is 6.04. The van der Waals surface area contributed by atoms with Crippen LogP contribution in [0.4, 0.5) is 0 Å². The van der Waals surface area contributed by atoms with Gasteiger partial charge in [-0.1, -0.05) is 12.1 Å². The molecule has 3 rings (SSSR count). The largest absolute Gasteiger partial charge is 0.349 e. The van der Waals surface area contributed by atoms with Crippen molar-refractivity contribution in [3.63, 3.8) is 0 Å². The molecule has 21 heavy (non-hydrogen) atoms. The predicted molar refractivity (Wildman–Crippen MR) is 83.9 cm³/mol. The zero-order chi connectivity index (χ0) is 14.9. The SMILES string of the molecule is O=C(/C=C/c1nc2ccccc2s1)NC1CCS(=O)(=O)C1. The van der Waals surface area contributed by atoms with E-state index in [0.717, 1.165) is 15.2 Å². The van der Waals surface area contributed by atoms with Crippen LogP contribution in [0.3, 0.4) is 0 Å². The van der Waals surface area contributed by atoms with Crippen molar-refractivity contribution in [2.75, 3.05) is 11.5 Å². The first-order valence-corrected chi connectivity index (χ1v) is 9.20. The molecule has 1 aromatic heterocycles. The highest BCUT2D eigenvalue weighted by atomic mass is 32.2. The lowest BCUT2D eigenvalue weighted by molar-refractivity contribution is -0.116. The normalized spacial score (nSPS) is 21.0. The zero-order valence-electron chi connectivity index (χ0n) is 11.2. The number of fused-ring (bicyclic) bond motifs is 1. The fourth-order valence-electron chi connectivity index (χ4n) is 2.27. The second-order valence-corrected chi connectivity index (χ2v) is 8.25. The molecule has 2 heterocycles. The maximum Gasteiger partial charge on any atom is 0.244 e. The van der Waals surface area contributed by atoms with Gasteiger partial charge in [0.25, 0.3) is 0 Å². The molecule has 0 aliphatic carbocycles. The Morgan fingerprint density at radius 3 is 2.90 bits per heavy atom. The van der Waals surface area contributed by atoms with Gasteiger partial charge in [0.15, 0.2) is 9.84 Å². The van der Waals surface area contributed by atoms with Gasteiger partial charge in [0.2, 0.25) is 5.91 Å². The molecule has 5 nitrogen and oxygen atoms in total. The second kappa shape index (κ2) is 5.57. The molecule has 110 valence electrons. The summed E-state index contributed by atoms with van der Waals surface area (Å²) in [7, 11) is -2.97. The van der Waals surface area contributed by atoms with Crippen LogP contribution in [0.5, 0.6) is 0 Å². The van der Waals surface area contributed by atoms with Gasteiger partial charge in [-0.05, 0) is 24.6 Å². The van der Waals surface area contributed by atoms with Crippen LogP contribution in [0, 0.1) is 0 Å². The quantitative estimate of drug-likeness (QED) is 0.871. The summed E-state index contributed by atoms with van der Waals surface area (Å²) < 4.78 is 23.7. The standard InChI is InChI=1S/C14H14N2O3S2/c17-13(15-10-7-8-21(18,19)9-10)5-6-14-16-11-3-1-2-4-12(11)20-14/h1-6,10H,7-9H2,(H,15,17)/b6-5+. The van der Waals surface area contributed by atoms with E-state index >= 15 is 0 Å². The smallest absolute Gasteiger partial charge is 0.244 e. The Morgan fingerprint density at radius 2 is 2.19 bits per heavy atom. The van der Waals surface area contributed by atoms with Gasteiger partial charge in [-0.15, -0.1) is 11.3 Å². The number of benzene rings is 1. The first-order chi connectivity index (χ1) is 10.0. The summed E-state index contributed by atoms with van der Waals surface area (Å²) in [6.45, 7) is 0. The van der Waals surface area contributed by atoms with Gasteiger partial charge in [0.1, 0.15) is 5.01 Å². The number of nitrogens with zero attached hydrogens (tertiary/aromatic N) is 1. The fraction of sp³-hybridized carbons (Fsp3) is 0.286. The highest BCUT2D eigenvalue weighted by Crippen LogP contribution is 2.22. The Bertz CT molecular complexity index is 775. The minimum atomic E-state index is -2.97. The van der Waals surface area contributed by atoms with E-state index in [1.54, 1.807) is 6.08 Å². The Hall–Kier alpha value is -1.73. The number of hydrogen-bond acceptors (Lipinski definition) is 5. The number of carbonyl (C=O) groups excluding carboxylic acids is 1. The van der Waals surface area contributed by atoms with Crippen molar-refractivity contribution in [2.24, 2.45) is 0 Å². The monoisotopic (exact) mass is 322 g/mol. The lowest BCUT2D eigenvalue weighted by Gasteiger charge is -2.07. The molecule has 0 radical (unpaired) electrons. The summed E-state index contributed by atoms with van der Waals surface area (Å²) in [6, 6.07) is 7.49. The minimum absolute atomic E-state index is 0.0354. The van der Waals surface area contributed by atoms with Crippen molar-refractivity contribution < 1.29 is 13.2 Å². The van der Waals surface area contributed by atoms with E-state index in [1.807, 2.05) is 24.3 Å². The van der Waals surface area contributed by atoms with Crippen LogP contribution in [0.2, 0.25) is 0 Å². The molecule has 1 aliphatic rings. The van der Waals surface area contributed by atoms with E-state index in [0.29, 0.717) is 6.42 Å². The Labute approximate surface area is 126 Å². The summed E-state index contributed by atoms with van der Waals surface area (Å²) in [4.78, 5) is 16.2. The van der Waals surface area contributed by atoms with Crippen LogP contribution in [-0.4, -0.2) is 36.9 Å². The number of sulfone groups is 1. The third kappa shape index (κ3) is 3.48. The molecule has 1 amide bonds. The number of carbonyl (C=O) groups is 1. The number of para-hydroxylation sites is 1. The topological polar surface area (TPSA) is 76.1 Å². The average molecular weight is 322 g/mol. The molecule has 2 aromatic rings. The maximum absolute atomic E-state index is 11.8. The molecule has 1 aliphatic heterocycles. The van der Waals surface area contributed by atoms with Crippen molar-refractivity contribution in [1.29, 1.82) is 0 Å². The number of thiazole rings is 1. The van der Waals surface area contributed by atoms with Crippen molar-refractivity contribution in [1.82, 2.24) is 10.3 Å². The van der Waals surface area contributed by atoms with E-state index in [1.165, 1.54) is 17.4 Å². The van der Waals surface area contributed by atoms with Gasteiger partial charge in [-0.3, -0.25) is 4.79 Å². The van der Waals surface area contributed by atoms with Crippen LogP contribution < -0.4 is 5.32 Å². The van der Waals surface area contributed by atoms with Gasteiger partial charge in [0, 0.05) is 12.1 Å². The number of amides is 1. The van der Waals surface area contributed by atoms with Gasteiger partial charge in [-0.2, -0.15) is 0 Å². The Morgan fingerprint density at radius 1 is 1.38 bits per heavy atom. The van der Waals surface area contributed by atoms with Crippen molar-refractivity contribution >= 4 is 43.4 Å². The predicted octanol–water partition coefficient (Wildman–Crippen LogP) is 1.61. The number of nitrogens with one attached hydrogen (secondary N) is 1. The Balaban J connectivity index is 1.64. The maximum atomic E-state index is 11.8. The molecular formula is C14H14N2O3S2. The van der Waals surface area contributed by atoms with Crippen molar-refractivity contribution in [2.45, 2.75) is 12.5 Å². The Kier molecular flexibility index (Phi) is 3.77. The molecule has 1 saturated heterocycles. The first kappa shape index (κ1) is 14.2. The first-order valence-electron chi connectivity index (χ1n) is 6.56. The van der Waals surface area contributed by atoms with Gasteiger partial charge >= 0.3 is 0 Å². The summed E-state index contributed by atoms with van der Waals surface area (Å²) in [5.41, 5.74) is 0.907. The fourth-order valence-corrected chi connectivity index (χ4v) is 4.81. The van der Waals surface area contributed by atoms with Crippen molar-refractivity contribution in [3.05, 3.63) is 35.3 Å². The molecule has 7 heteroatoms. The van der Waals surface area contributed by atoms with E-state index < -0.39 is 9.84 Å². The van der Waals surface area contributed by atoms with Crippen LogP contribution in [0.15, 0.2) is 30.3 Å². The molecule has 1 fully saturated rings. The molecule has 1 unspecified atom stereocenters. The molecule has 1 N–H and O–H groups in total. The van der Waals surface area contributed by atoms with Crippen LogP contribution in [0.25, 0.3) is 16.3 Å². The van der Waals surface area contributed by atoms with Gasteiger partial charge in [-0.25, -0.2) is 13.4 Å². The number of hydrogen-bond donors (Lipinski definition) is 1. The van der Waals surface area contributed by atoms with Crippen LogP contribution in [-0.2, 0) is 14.6 Å². The van der Waals surface area contributed by atoms with E-state index in [2.05, 4.69) is 10.3 Å². The highest BCUT2D eigenvalue weighted by Gasteiger charge is 2.28. The molecule has 1 aromatic carbocycles. The number of rotatable bonds is 3. The zero-order valence-corrected chi connectivity index (χ0v) is 12.8. The summed E-state index contributed by atoms with van der Waals surface area (Å²) in [5, 5.41) is 3.47. The van der Waals surface area contributed by atoms with Gasteiger partial charge in [0.05, 0.1) is 21.7 Å². The van der Waals surface area contributed by atoms with E-state index in [-0.39, 0.29) is 23.5 Å². The third-order valence-electron chi connectivity index (χ3n) is 3.27. The van der Waals surface area contributed by atoms with Crippen molar-refractivity contribution in [3.8, 4) is 0 Å². The van der Waals surface area contributed by atoms with Crippen LogP contribution in [0.1, 0.15) is 11.4 Å². The van der Waals surface area contributed by atoms with E-state index in [4.69, 9.17) is 0 Å². The highest BCUT2D eigenvalue weighted by molar-refractivity contribution is 7.91. The molecule has 1 atom stereocenters. The minimum Gasteiger partial charge on any atom is -0.349 e. The summed E-state index contributed by atoms with van der Waals surface area (Å²) >= 11 is 1.51. The summed E-state index contributed by atoms with van der Waals surface area (Å²) in [5.74, 6) is -0.0934. The lowest BCUT2D eigenvalue weighted by Crippen LogP contribution is -2.34. The molecular weight excluding hydrogens is 308 g/mol. The molecule has 0 bridgehead atoms. The average Bonchev–Trinajstić information content (AvgIpc) is 2.99. The van der Waals surface area contributed by atoms with E-state index in [9.17, 15) is 13.2 Å². The number of aromatic nitrogens is 1. The van der Waals surface area contributed by atoms with Gasteiger partial charge < -0.3 is 5.32 Å². The molecule has 0 saturated carbocycles. The van der Waals surface area contributed by atoms with Crippen LogP contribution >= 0.6 is 11.3 Å². The summed E-state index contributed by atoms with van der Waals surface area (Å²) in [6.07, 6.45) is 3.55. The molecule has 0 spiro atoms.